The molecule has 4 heteroatoms. The van der Waals surface area contributed by atoms with Crippen molar-refractivity contribution in [1.82, 2.24) is 4.90 Å². The molecule has 1 heterocycles. The minimum absolute atomic E-state index is 0.325. The Morgan fingerprint density at radius 1 is 1.03 bits per heavy atom. The van der Waals surface area contributed by atoms with Gasteiger partial charge in [-0.15, -0.1) is 0 Å². The summed E-state index contributed by atoms with van der Waals surface area (Å²) < 4.78 is 6.53. The quantitative estimate of drug-likeness (QED) is 0.353. The SMILES string of the molecule is C/C=C\C(=C/C=NCOc1c2c(c(O)c3c1C1CCC3C1)C1CCC2CC1)C1=CC(C)N(C)C=C1. The molecule has 7 rings (SSSR count). The van der Waals surface area contributed by atoms with Crippen LogP contribution in [0.4, 0.5) is 0 Å². The molecule has 3 unspecified atom stereocenters. The number of fused-ring (bicyclic) bond motifs is 7. The van der Waals surface area contributed by atoms with Crippen molar-refractivity contribution in [2.75, 3.05) is 13.8 Å². The van der Waals surface area contributed by atoms with E-state index >= 15 is 0 Å². The molecule has 184 valence electrons. The van der Waals surface area contributed by atoms with Crippen LogP contribution in [0.15, 0.2) is 52.7 Å². The third-order valence-corrected chi connectivity index (χ3v) is 9.25. The van der Waals surface area contributed by atoms with Crippen molar-refractivity contribution >= 4 is 6.21 Å². The summed E-state index contributed by atoms with van der Waals surface area (Å²) in [5.41, 5.74) is 7.52. The smallest absolute Gasteiger partial charge is 0.179 e. The normalized spacial score (nSPS) is 30.9. The molecule has 4 bridgehead atoms. The first-order valence-corrected chi connectivity index (χ1v) is 13.6. The molecule has 0 saturated heterocycles. The van der Waals surface area contributed by atoms with Crippen LogP contribution in [0.2, 0.25) is 0 Å². The van der Waals surface area contributed by atoms with Gasteiger partial charge in [0.05, 0.1) is 0 Å². The summed E-state index contributed by atoms with van der Waals surface area (Å²) in [5, 5.41) is 11.4. The first-order chi connectivity index (χ1) is 17.1. The molecule has 0 amide bonds. The molecule has 3 atom stereocenters. The van der Waals surface area contributed by atoms with Crippen molar-refractivity contribution in [3.63, 3.8) is 0 Å². The fourth-order valence-corrected chi connectivity index (χ4v) is 7.42. The molecule has 6 aliphatic rings. The Morgan fingerprint density at radius 2 is 1.66 bits per heavy atom. The van der Waals surface area contributed by atoms with Gasteiger partial charge in [0.2, 0.25) is 0 Å². The standard InChI is InChI=1S/C31H38N2O2/c1-4-5-20(23-13-15-33(3)19(2)16-23)12-14-32-18-35-31-28-22-8-6-21(7-9-22)26(28)30(34)27-24-10-11-25(17-24)29(27)31/h4-5,12-16,19,21-22,24-25,34H,6-11,17-18H2,1-3H3/b5-4-,20-12+,32-14?. The Bertz CT molecular complexity index is 1160. The van der Waals surface area contributed by atoms with Gasteiger partial charge in [-0.25, -0.2) is 0 Å². The van der Waals surface area contributed by atoms with Crippen LogP contribution >= 0.6 is 0 Å². The first-order valence-electron chi connectivity index (χ1n) is 13.6. The minimum Gasteiger partial charge on any atom is -0.507 e. The molecule has 35 heavy (non-hydrogen) atoms. The monoisotopic (exact) mass is 470 g/mol. The van der Waals surface area contributed by atoms with Crippen LogP contribution in [0, 0.1) is 0 Å². The van der Waals surface area contributed by atoms with Crippen LogP contribution in [0.1, 0.15) is 105 Å². The molecule has 5 aliphatic carbocycles. The minimum atomic E-state index is 0.325. The second-order valence-electron chi connectivity index (χ2n) is 11.2. The van der Waals surface area contributed by atoms with Gasteiger partial charge in [0.1, 0.15) is 11.5 Å². The number of allylic oxidation sites excluding steroid dienone is 6. The second-order valence-corrected chi connectivity index (χ2v) is 11.2. The van der Waals surface area contributed by atoms with Gasteiger partial charge >= 0.3 is 0 Å². The van der Waals surface area contributed by atoms with Crippen molar-refractivity contribution < 1.29 is 9.84 Å². The largest absolute Gasteiger partial charge is 0.507 e. The van der Waals surface area contributed by atoms with Gasteiger partial charge in [0.15, 0.2) is 6.73 Å². The molecule has 4 nitrogen and oxygen atoms in total. The van der Waals surface area contributed by atoms with Crippen LogP contribution in [-0.4, -0.2) is 36.0 Å². The third-order valence-electron chi connectivity index (χ3n) is 9.25. The van der Waals surface area contributed by atoms with E-state index in [-0.39, 0.29) is 0 Å². The Morgan fingerprint density at radius 3 is 2.37 bits per heavy atom. The van der Waals surface area contributed by atoms with Gasteiger partial charge in [0.25, 0.3) is 0 Å². The number of hydrogen-bond acceptors (Lipinski definition) is 4. The number of hydrogen-bond donors (Lipinski definition) is 1. The summed E-state index contributed by atoms with van der Waals surface area (Å²) in [6, 6.07) is 0.373. The summed E-state index contributed by atoms with van der Waals surface area (Å²) in [6.45, 7) is 4.58. The molecule has 1 aromatic carbocycles. The Hall–Kier alpha value is -2.75. The van der Waals surface area contributed by atoms with Crippen LogP contribution in [0.5, 0.6) is 11.5 Å². The lowest BCUT2D eigenvalue weighted by atomic mass is 9.64. The molecule has 1 aliphatic heterocycles. The fraction of sp³-hybridized carbons (Fsp3) is 0.516. The van der Waals surface area contributed by atoms with E-state index < -0.39 is 0 Å². The van der Waals surface area contributed by atoms with Gasteiger partial charge < -0.3 is 14.7 Å². The van der Waals surface area contributed by atoms with E-state index in [2.05, 4.69) is 60.4 Å². The summed E-state index contributed by atoms with van der Waals surface area (Å²) in [5.74, 6) is 3.86. The number of nitrogens with zero attached hydrogens (tertiary/aromatic N) is 2. The lowest BCUT2D eigenvalue weighted by Gasteiger charge is -2.41. The first kappa shape index (κ1) is 22.7. The summed E-state index contributed by atoms with van der Waals surface area (Å²) >= 11 is 0. The zero-order valence-electron chi connectivity index (χ0n) is 21.3. The van der Waals surface area contributed by atoms with Gasteiger partial charge in [-0.1, -0.05) is 18.2 Å². The van der Waals surface area contributed by atoms with E-state index in [0.29, 0.717) is 42.2 Å². The fourth-order valence-electron chi connectivity index (χ4n) is 7.42. The highest BCUT2D eigenvalue weighted by Gasteiger charge is 2.47. The van der Waals surface area contributed by atoms with Gasteiger partial charge in [-0.2, -0.15) is 0 Å². The van der Waals surface area contributed by atoms with Crippen LogP contribution in [0.25, 0.3) is 0 Å². The second kappa shape index (κ2) is 9.04. The summed E-state index contributed by atoms with van der Waals surface area (Å²) in [7, 11) is 2.10. The number of likely N-dealkylation sites (N-methyl/N-ethyl adjacent to an activating group) is 1. The van der Waals surface area contributed by atoms with Gasteiger partial charge in [0, 0.05) is 41.6 Å². The lowest BCUT2D eigenvalue weighted by Crippen LogP contribution is -2.24. The lowest BCUT2D eigenvalue weighted by molar-refractivity contribution is 0.291. The topological polar surface area (TPSA) is 45.1 Å². The maximum absolute atomic E-state index is 11.4. The molecule has 0 radical (unpaired) electrons. The number of phenolic OH excluding ortho intramolecular Hbond substituents is 1. The van der Waals surface area contributed by atoms with Crippen LogP contribution in [0.3, 0.4) is 0 Å². The van der Waals surface area contributed by atoms with E-state index in [0.717, 1.165) is 11.3 Å². The number of aliphatic imine (C=N–C) groups is 1. The average Bonchev–Trinajstić information content (AvgIpc) is 3.50. The Kier molecular flexibility index (Phi) is 5.86. The van der Waals surface area contributed by atoms with Crippen molar-refractivity contribution in [1.29, 1.82) is 0 Å². The number of phenols is 1. The van der Waals surface area contributed by atoms with Crippen LogP contribution in [-0.2, 0) is 0 Å². The van der Waals surface area contributed by atoms with Crippen molar-refractivity contribution in [3.8, 4) is 11.5 Å². The van der Waals surface area contributed by atoms with Gasteiger partial charge in [-0.05, 0) is 112 Å². The van der Waals surface area contributed by atoms with Crippen LogP contribution < -0.4 is 4.74 Å². The summed E-state index contributed by atoms with van der Waals surface area (Å²) in [6.07, 6.45) is 23.3. The molecular weight excluding hydrogens is 432 g/mol. The summed E-state index contributed by atoms with van der Waals surface area (Å²) in [4.78, 5) is 6.86. The van der Waals surface area contributed by atoms with E-state index in [1.807, 2.05) is 13.1 Å². The average molecular weight is 471 g/mol. The number of rotatable bonds is 6. The molecule has 2 saturated carbocycles. The molecule has 2 fully saturated rings. The predicted octanol–water partition coefficient (Wildman–Crippen LogP) is 7.20. The van der Waals surface area contributed by atoms with E-state index in [9.17, 15) is 5.11 Å². The van der Waals surface area contributed by atoms with E-state index in [1.165, 1.54) is 72.8 Å². The Labute approximate surface area is 209 Å². The van der Waals surface area contributed by atoms with Crippen molar-refractivity contribution in [3.05, 3.63) is 70.0 Å². The molecular formula is C31H38N2O2. The Balaban J connectivity index is 1.27. The molecule has 1 N–H and O–H groups in total. The maximum Gasteiger partial charge on any atom is 0.179 e. The molecule has 1 aromatic rings. The zero-order chi connectivity index (χ0) is 24.1. The highest BCUT2D eigenvalue weighted by atomic mass is 16.5. The number of aromatic hydroxyl groups is 1. The van der Waals surface area contributed by atoms with Gasteiger partial charge in [-0.3, -0.25) is 4.99 Å². The van der Waals surface area contributed by atoms with Crippen molar-refractivity contribution in [2.45, 2.75) is 88.5 Å². The van der Waals surface area contributed by atoms with E-state index in [1.54, 1.807) is 0 Å². The predicted molar refractivity (Wildman–Crippen MR) is 143 cm³/mol. The maximum atomic E-state index is 11.4. The molecule has 0 aromatic heterocycles. The number of ether oxygens (including phenoxy) is 1. The number of benzene rings is 1. The van der Waals surface area contributed by atoms with Crippen molar-refractivity contribution in [2.24, 2.45) is 4.99 Å². The third kappa shape index (κ3) is 3.77. The zero-order valence-corrected chi connectivity index (χ0v) is 21.3. The highest BCUT2D eigenvalue weighted by molar-refractivity contribution is 5.75. The highest BCUT2D eigenvalue weighted by Crippen LogP contribution is 2.65. The van der Waals surface area contributed by atoms with E-state index in [4.69, 9.17) is 4.74 Å². The molecule has 0 spiro atoms.